The van der Waals surface area contributed by atoms with Crippen LogP contribution in [0.2, 0.25) is 0 Å². The van der Waals surface area contributed by atoms with Crippen LogP contribution in [0, 0.1) is 6.92 Å². The lowest BCUT2D eigenvalue weighted by atomic mass is 9.88. The third kappa shape index (κ3) is 3.04. The summed E-state index contributed by atoms with van der Waals surface area (Å²) in [6.07, 6.45) is 0. The molecule has 3 nitrogen and oxygen atoms in total. The zero-order valence-electron chi connectivity index (χ0n) is 19.3. The molecule has 0 aromatic heterocycles. The van der Waals surface area contributed by atoms with E-state index in [0.29, 0.717) is 0 Å². The number of nitrogens with zero attached hydrogens (tertiary/aromatic N) is 1. The number of hydrogen-bond donors (Lipinski definition) is 1. The van der Waals surface area contributed by atoms with E-state index < -0.39 is 0 Å². The lowest BCUT2D eigenvalue weighted by Crippen LogP contribution is -2.08. The Morgan fingerprint density at radius 1 is 0.750 bits per heavy atom. The van der Waals surface area contributed by atoms with E-state index in [1.165, 1.54) is 43.9 Å². The molecule has 1 N–H and O–H groups in total. The van der Waals surface area contributed by atoms with Crippen molar-refractivity contribution in [3.8, 4) is 16.9 Å². The first-order chi connectivity index (χ1) is 15.5. The lowest BCUT2D eigenvalue weighted by molar-refractivity contribution is 0.424. The van der Waals surface area contributed by atoms with Gasteiger partial charge in [0.25, 0.3) is 0 Å². The average Bonchev–Trinajstić information content (AvgIpc) is 2.83. The third-order valence-electron chi connectivity index (χ3n) is 6.52. The number of rotatable bonds is 4. The van der Waals surface area contributed by atoms with Crippen LogP contribution in [-0.4, -0.2) is 28.3 Å². The molecule has 5 aromatic carbocycles. The zero-order chi connectivity index (χ0) is 22.4. The summed E-state index contributed by atoms with van der Waals surface area (Å²) in [5.74, 6) is 0.937. The van der Waals surface area contributed by atoms with Crippen molar-refractivity contribution < 1.29 is 4.74 Å². The molecular formula is C29H28N2O. The van der Waals surface area contributed by atoms with Crippen LogP contribution in [0.25, 0.3) is 43.4 Å². The first-order valence-corrected chi connectivity index (χ1v) is 10.9. The molecule has 0 amide bonds. The van der Waals surface area contributed by atoms with Crippen LogP contribution >= 0.6 is 0 Å². The number of nitrogens with one attached hydrogen (secondary N) is 1. The summed E-state index contributed by atoms with van der Waals surface area (Å²) in [6, 6.07) is 26.2. The summed E-state index contributed by atoms with van der Waals surface area (Å²) < 4.78 is 6.03. The Hall–Kier alpha value is -3.72. The summed E-state index contributed by atoms with van der Waals surface area (Å²) in [5.41, 5.74) is 5.99. The van der Waals surface area contributed by atoms with E-state index in [2.05, 4.69) is 104 Å². The van der Waals surface area contributed by atoms with Gasteiger partial charge in [0.15, 0.2) is 0 Å². The van der Waals surface area contributed by atoms with Crippen molar-refractivity contribution in [2.45, 2.75) is 6.92 Å². The molecule has 5 rings (SSSR count). The molecule has 0 aliphatic carbocycles. The molecule has 32 heavy (non-hydrogen) atoms. The molecular weight excluding hydrogens is 392 g/mol. The van der Waals surface area contributed by atoms with Crippen molar-refractivity contribution >= 4 is 43.7 Å². The van der Waals surface area contributed by atoms with E-state index in [1.807, 2.05) is 7.05 Å². The number of aryl methyl sites for hydroxylation is 1. The van der Waals surface area contributed by atoms with Gasteiger partial charge in [-0.15, -0.1) is 0 Å². The van der Waals surface area contributed by atoms with Gasteiger partial charge >= 0.3 is 0 Å². The first-order valence-electron chi connectivity index (χ1n) is 10.9. The predicted octanol–water partition coefficient (Wildman–Crippen LogP) is 7.24. The Labute approximate surface area is 189 Å². The molecule has 0 saturated heterocycles. The van der Waals surface area contributed by atoms with Crippen LogP contribution in [-0.2, 0) is 0 Å². The molecule has 0 aliphatic rings. The maximum absolute atomic E-state index is 6.03. The highest BCUT2D eigenvalue weighted by molar-refractivity contribution is 6.22. The molecule has 0 bridgehead atoms. The number of hydrogen-bond acceptors (Lipinski definition) is 3. The van der Waals surface area contributed by atoms with Gasteiger partial charge in [0.2, 0.25) is 0 Å². The van der Waals surface area contributed by atoms with E-state index in [1.54, 1.807) is 7.11 Å². The van der Waals surface area contributed by atoms with Crippen LogP contribution in [0.15, 0.2) is 72.8 Å². The molecule has 0 atom stereocenters. The Kier molecular flexibility index (Phi) is 4.90. The van der Waals surface area contributed by atoms with Crippen LogP contribution < -0.4 is 15.0 Å². The van der Waals surface area contributed by atoms with E-state index in [0.717, 1.165) is 22.2 Å². The summed E-state index contributed by atoms with van der Waals surface area (Å²) in [4.78, 5) is 2.16. The molecule has 0 saturated carbocycles. The van der Waals surface area contributed by atoms with Crippen LogP contribution in [0.5, 0.6) is 5.75 Å². The minimum atomic E-state index is 0.937. The van der Waals surface area contributed by atoms with Gasteiger partial charge in [0.1, 0.15) is 5.75 Å². The minimum Gasteiger partial charge on any atom is -0.495 e. The monoisotopic (exact) mass is 420 g/mol. The molecule has 0 heterocycles. The highest BCUT2D eigenvalue weighted by Gasteiger charge is 2.18. The van der Waals surface area contributed by atoms with Crippen molar-refractivity contribution in [1.82, 2.24) is 0 Å². The molecule has 0 fully saturated rings. The van der Waals surface area contributed by atoms with Gasteiger partial charge in [0.05, 0.1) is 7.11 Å². The first kappa shape index (κ1) is 20.2. The fourth-order valence-electron chi connectivity index (χ4n) is 4.84. The Balaban J connectivity index is 1.99. The second-order valence-corrected chi connectivity index (χ2v) is 8.50. The van der Waals surface area contributed by atoms with Crippen molar-refractivity contribution in [2.24, 2.45) is 0 Å². The van der Waals surface area contributed by atoms with E-state index in [4.69, 9.17) is 4.74 Å². The Morgan fingerprint density at radius 3 is 2.12 bits per heavy atom. The third-order valence-corrected chi connectivity index (χ3v) is 6.52. The summed E-state index contributed by atoms with van der Waals surface area (Å²) in [5, 5.41) is 10.5. The van der Waals surface area contributed by atoms with Crippen molar-refractivity contribution in [1.29, 1.82) is 0 Å². The van der Waals surface area contributed by atoms with Crippen LogP contribution in [0.3, 0.4) is 0 Å². The summed E-state index contributed by atoms with van der Waals surface area (Å²) >= 11 is 0. The average molecular weight is 421 g/mol. The molecule has 0 aliphatic heterocycles. The number of anilines is 2. The zero-order valence-corrected chi connectivity index (χ0v) is 19.3. The smallest absolute Gasteiger partial charge is 0.134 e. The molecule has 160 valence electrons. The van der Waals surface area contributed by atoms with E-state index >= 15 is 0 Å². The van der Waals surface area contributed by atoms with Gasteiger partial charge in [-0.25, -0.2) is 0 Å². The van der Waals surface area contributed by atoms with Crippen LogP contribution in [0.4, 0.5) is 11.4 Å². The van der Waals surface area contributed by atoms with Gasteiger partial charge in [-0.3, -0.25) is 0 Å². The van der Waals surface area contributed by atoms with Crippen molar-refractivity contribution in [2.75, 3.05) is 38.5 Å². The Bertz CT molecular complexity index is 1470. The normalized spacial score (nSPS) is 11.3. The van der Waals surface area contributed by atoms with Gasteiger partial charge < -0.3 is 15.0 Å². The number of fused-ring (bicyclic) bond motifs is 4. The highest BCUT2D eigenvalue weighted by Crippen LogP contribution is 2.45. The fourth-order valence-corrected chi connectivity index (χ4v) is 4.84. The molecule has 5 aromatic rings. The molecule has 3 heteroatoms. The lowest BCUT2D eigenvalue weighted by Gasteiger charge is -2.20. The molecule has 0 unspecified atom stereocenters. The van der Waals surface area contributed by atoms with Crippen molar-refractivity contribution in [3.63, 3.8) is 0 Å². The standard InChI is InChI=1S/C29H28N2O/c1-18-22-8-6-7-9-24(22)29(32-5)27-17-25(19-10-12-20(30-2)13-11-19)23-15-14-21(31(3)4)16-26(23)28(18)27/h6-17,30H,1-5H3. The number of benzene rings is 5. The maximum Gasteiger partial charge on any atom is 0.134 e. The minimum absolute atomic E-state index is 0.937. The van der Waals surface area contributed by atoms with Crippen LogP contribution in [0.1, 0.15) is 5.56 Å². The predicted molar refractivity (Wildman–Crippen MR) is 140 cm³/mol. The molecule has 0 spiro atoms. The fraction of sp³-hybridized carbons (Fsp3) is 0.172. The maximum atomic E-state index is 6.03. The van der Waals surface area contributed by atoms with Gasteiger partial charge in [-0.1, -0.05) is 42.5 Å². The largest absolute Gasteiger partial charge is 0.495 e. The van der Waals surface area contributed by atoms with E-state index in [-0.39, 0.29) is 0 Å². The summed E-state index contributed by atoms with van der Waals surface area (Å²) in [7, 11) is 7.90. The Morgan fingerprint density at radius 2 is 1.47 bits per heavy atom. The second-order valence-electron chi connectivity index (χ2n) is 8.50. The molecule has 0 radical (unpaired) electrons. The van der Waals surface area contributed by atoms with Crippen molar-refractivity contribution in [3.05, 3.63) is 78.4 Å². The topological polar surface area (TPSA) is 24.5 Å². The SMILES string of the molecule is CNc1ccc(-c2cc3c(OC)c4ccccc4c(C)c3c3cc(N(C)C)ccc23)cc1. The summed E-state index contributed by atoms with van der Waals surface area (Å²) in [6.45, 7) is 2.23. The van der Waals surface area contributed by atoms with E-state index in [9.17, 15) is 0 Å². The highest BCUT2D eigenvalue weighted by atomic mass is 16.5. The second kappa shape index (κ2) is 7.76. The number of methoxy groups -OCH3 is 1. The number of ether oxygens (including phenoxy) is 1. The quantitative estimate of drug-likeness (QED) is 0.245. The van der Waals surface area contributed by atoms with Gasteiger partial charge in [-0.05, 0) is 75.5 Å². The van der Waals surface area contributed by atoms with Gasteiger partial charge in [0, 0.05) is 43.3 Å². The van der Waals surface area contributed by atoms with Gasteiger partial charge in [-0.2, -0.15) is 0 Å².